The van der Waals surface area contributed by atoms with Crippen LogP contribution in [0.4, 0.5) is 0 Å². The van der Waals surface area contributed by atoms with Crippen LogP contribution in [0, 0.1) is 5.41 Å². The average molecular weight is 269 g/mol. The van der Waals surface area contributed by atoms with Gasteiger partial charge < -0.3 is 0 Å². The number of rotatable bonds is 5. The van der Waals surface area contributed by atoms with Crippen LogP contribution in [0.1, 0.15) is 32.6 Å². The number of sulfone groups is 1. The van der Waals surface area contributed by atoms with Crippen LogP contribution in [-0.2, 0) is 9.84 Å². The summed E-state index contributed by atoms with van der Waals surface area (Å²) in [5, 5.41) is 0.836. The van der Waals surface area contributed by atoms with Crippen molar-refractivity contribution in [2.24, 2.45) is 5.41 Å². The molecule has 0 aromatic rings. The molecule has 1 aliphatic rings. The highest BCUT2D eigenvalue weighted by Gasteiger charge is 2.39. The maximum Gasteiger partial charge on any atom is 0.150 e. The quantitative estimate of drug-likeness (QED) is 0.718. The lowest BCUT2D eigenvalue weighted by atomic mass is 9.72. The molecule has 0 atom stereocenters. The Morgan fingerprint density at radius 3 is 2.31 bits per heavy atom. The Balaban J connectivity index is 2.56. The van der Waals surface area contributed by atoms with E-state index >= 15 is 0 Å². The predicted octanol–water partition coefficient (Wildman–Crippen LogP) is 2.38. The molecular weight excluding hydrogens is 252 g/mol. The van der Waals surface area contributed by atoms with Crippen LogP contribution >= 0.6 is 15.9 Å². The van der Waals surface area contributed by atoms with Gasteiger partial charge in [-0.2, -0.15) is 0 Å². The summed E-state index contributed by atoms with van der Waals surface area (Å²) in [6, 6.07) is 0. The highest BCUT2D eigenvalue weighted by molar-refractivity contribution is 9.09. The van der Waals surface area contributed by atoms with Gasteiger partial charge >= 0.3 is 0 Å². The molecule has 78 valence electrons. The molecule has 0 N–H and O–H groups in total. The van der Waals surface area contributed by atoms with Crippen molar-refractivity contribution >= 4 is 25.8 Å². The largest absolute Gasteiger partial charge is 0.229 e. The number of halogens is 1. The molecule has 0 heterocycles. The number of alkyl halides is 1. The minimum Gasteiger partial charge on any atom is -0.229 e. The molecule has 0 aromatic carbocycles. The summed E-state index contributed by atoms with van der Waals surface area (Å²) in [5.41, 5.74) is 0.0774. The van der Waals surface area contributed by atoms with E-state index in [0.717, 1.165) is 24.6 Å². The third kappa shape index (κ3) is 2.94. The van der Waals surface area contributed by atoms with Gasteiger partial charge in [0, 0.05) is 11.1 Å². The molecule has 0 spiro atoms. The van der Waals surface area contributed by atoms with Crippen LogP contribution in [0.2, 0.25) is 0 Å². The summed E-state index contributed by atoms with van der Waals surface area (Å²) in [7, 11) is -2.79. The molecule has 0 unspecified atom stereocenters. The van der Waals surface area contributed by atoms with Crippen LogP contribution in [0.3, 0.4) is 0 Å². The molecule has 4 heteroatoms. The fourth-order valence-corrected chi connectivity index (χ4v) is 4.95. The average Bonchev–Trinajstić information content (AvgIpc) is 1.97. The van der Waals surface area contributed by atoms with Crippen LogP contribution in [0.15, 0.2) is 0 Å². The second kappa shape index (κ2) is 4.30. The standard InChI is InChI=1S/C9H17BrO2S/c1-2-6-13(11,12)8-9(7-10)4-3-5-9/h2-8H2,1H3. The summed E-state index contributed by atoms with van der Waals surface area (Å²) in [6.07, 6.45) is 4.07. The van der Waals surface area contributed by atoms with Crippen molar-refractivity contribution in [1.29, 1.82) is 0 Å². The lowest BCUT2D eigenvalue weighted by Gasteiger charge is -2.40. The summed E-state index contributed by atoms with van der Waals surface area (Å²) in [5.74, 6) is 0.737. The topological polar surface area (TPSA) is 34.1 Å². The van der Waals surface area contributed by atoms with Gasteiger partial charge in [-0.25, -0.2) is 8.42 Å². The van der Waals surface area contributed by atoms with Gasteiger partial charge in [0.1, 0.15) is 0 Å². The van der Waals surface area contributed by atoms with Crippen molar-refractivity contribution < 1.29 is 8.42 Å². The summed E-state index contributed by atoms with van der Waals surface area (Å²) in [4.78, 5) is 0. The van der Waals surface area contributed by atoms with Crippen molar-refractivity contribution in [2.75, 3.05) is 16.8 Å². The maximum atomic E-state index is 11.6. The number of hydrogen-bond acceptors (Lipinski definition) is 2. The maximum absolute atomic E-state index is 11.6. The fourth-order valence-electron chi connectivity index (χ4n) is 1.84. The Hall–Kier alpha value is 0.430. The minimum absolute atomic E-state index is 0.0774. The van der Waals surface area contributed by atoms with Gasteiger partial charge in [-0.1, -0.05) is 29.3 Å². The molecule has 1 saturated carbocycles. The van der Waals surface area contributed by atoms with Gasteiger partial charge in [0.05, 0.1) is 5.75 Å². The van der Waals surface area contributed by atoms with E-state index < -0.39 is 9.84 Å². The first kappa shape index (κ1) is 11.5. The zero-order chi connectivity index (χ0) is 9.95. The fraction of sp³-hybridized carbons (Fsp3) is 1.00. The Bertz CT molecular complexity index is 249. The second-order valence-electron chi connectivity index (χ2n) is 4.08. The molecule has 0 saturated heterocycles. The van der Waals surface area contributed by atoms with E-state index in [1.807, 2.05) is 6.92 Å². The van der Waals surface area contributed by atoms with E-state index in [9.17, 15) is 8.42 Å². The van der Waals surface area contributed by atoms with E-state index in [4.69, 9.17) is 0 Å². The monoisotopic (exact) mass is 268 g/mol. The first-order valence-electron chi connectivity index (χ1n) is 4.80. The Kier molecular flexibility index (Phi) is 3.81. The van der Waals surface area contributed by atoms with Crippen molar-refractivity contribution in [1.82, 2.24) is 0 Å². The van der Waals surface area contributed by atoms with Crippen molar-refractivity contribution in [2.45, 2.75) is 32.6 Å². The molecule has 1 rings (SSSR count). The molecule has 0 amide bonds. The van der Waals surface area contributed by atoms with Crippen LogP contribution in [0.25, 0.3) is 0 Å². The minimum atomic E-state index is -2.79. The van der Waals surface area contributed by atoms with Gasteiger partial charge in [0.25, 0.3) is 0 Å². The smallest absolute Gasteiger partial charge is 0.150 e. The van der Waals surface area contributed by atoms with Gasteiger partial charge in [-0.05, 0) is 24.7 Å². The highest BCUT2D eigenvalue weighted by atomic mass is 79.9. The molecule has 13 heavy (non-hydrogen) atoms. The van der Waals surface area contributed by atoms with Crippen molar-refractivity contribution in [3.05, 3.63) is 0 Å². The van der Waals surface area contributed by atoms with Crippen LogP contribution in [0.5, 0.6) is 0 Å². The molecule has 2 nitrogen and oxygen atoms in total. The SMILES string of the molecule is CCCS(=O)(=O)CC1(CBr)CCC1. The lowest BCUT2D eigenvalue weighted by Crippen LogP contribution is -2.38. The van der Waals surface area contributed by atoms with Crippen molar-refractivity contribution in [3.8, 4) is 0 Å². The third-order valence-corrected chi connectivity index (χ3v) is 6.01. The van der Waals surface area contributed by atoms with Gasteiger partial charge in [0.2, 0.25) is 0 Å². The molecule has 1 aliphatic carbocycles. The Morgan fingerprint density at radius 2 is 2.00 bits per heavy atom. The zero-order valence-corrected chi connectivity index (χ0v) is 10.5. The first-order chi connectivity index (χ1) is 6.04. The molecule has 0 aliphatic heterocycles. The van der Waals surface area contributed by atoms with E-state index in [2.05, 4.69) is 15.9 Å². The molecule has 1 fully saturated rings. The number of hydrogen-bond donors (Lipinski definition) is 0. The van der Waals surface area contributed by atoms with E-state index in [0.29, 0.717) is 11.5 Å². The normalized spacial score (nSPS) is 21.1. The van der Waals surface area contributed by atoms with Crippen LogP contribution < -0.4 is 0 Å². The van der Waals surface area contributed by atoms with Gasteiger partial charge in [-0.3, -0.25) is 0 Å². The molecular formula is C9H17BrO2S. The van der Waals surface area contributed by atoms with Gasteiger partial charge in [0.15, 0.2) is 9.84 Å². The second-order valence-corrected chi connectivity index (χ2v) is 6.82. The summed E-state index contributed by atoms with van der Waals surface area (Å²) < 4.78 is 23.2. The van der Waals surface area contributed by atoms with E-state index in [1.54, 1.807) is 0 Å². The Morgan fingerprint density at radius 1 is 1.38 bits per heavy atom. The molecule has 0 radical (unpaired) electrons. The van der Waals surface area contributed by atoms with Crippen LogP contribution in [-0.4, -0.2) is 25.3 Å². The van der Waals surface area contributed by atoms with Crippen molar-refractivity contribution in [3.63, 3.8) is 0 Å². The van der Waals surface area contributed by atoms with Gasteiger partial charge in [-0.15, -0.1) is 0 Å². The zero-order valence-electron chi connectivity index (χ0n) is 8.05. The molecule has 0 bridgehead atoms. The van der Waals surface area contributed by atoms with E-state index in [-0.39, 0.29) is 5.41 Å². The highest BCUT2D eigenvalue weighted by Crippen LogP contribution is 2.43. The summed E-state index contributed by atoms with van der Waals surface area (Å²) >= 11 is 3.42. The Labute approximate surface area is 89.1 Å². The summed E-state index contributed by atoms with van der Waals surface area (Å²) in [6.45, 7) is 1.92. The van der Waals surface area contributed by atoms with E-state index in [1.165, 1.54) is 6.42 Å². The first-order valence-corrected chi connectivity index (χ1v) is 7.74. The third-order valence-electron chi connectivity index (χ3n) is 2.74. The predicted molar refractivity (Wildman–Crippen MR) is 59.0 cm³/mol. The lowest BCUT2D eigenvalue weighted by molar-refractivity contribution is 0.203. The molecule has 0 aromatic heterocycles.